The van der Waals surface area contributed by atoms with E-state index >= 15 is 0 Å². The Hall–Kier alpha value is -3.54. The second-order valence-corrected chi connectivity index (χ2v) is 6.66. The van der Waals surface area contributed by atoms with Crippen LogP contribution in [0, 0.1) is 0 Å². The van der Waals surface area contributed by atoms with Crippen molar-refractivity contribution in [3.63, 3.8) is 0 Å². The normalized spacial score (nSPS) is 13.0. The zero-order chi connectivity index (χ0) is 18.4. The molecule has 0 amide bonds. The molecule has 1 aliphatic rings. The van der Waals surface area contributed by atoms with Gasteiger partial charge in [0.2, 0.25) is 0 Å². The Bertz CT molecular complexity index is 1150. The van der Waals surface area contributed by atoms with Gasteiger partial charge in [-0.25, -0.2) is 9.97 Å². The molecule has 0 saturated carbocycles. The molecular weight excluding hydrogens is 340 g/mol. The minimum Gasteiger partial charge on any atom is -0.508 e. The van der Waals surface area contributed by atoms with Gasteiger partial charge in [-0.2, -0.15) is 0 Å². The molecule has 4 aromatic rings. The molecule has 3 N–H and O–H groups in total. The molecule has 0 radical (unpaired) electrons. The average molecular weight is 358 g/mol. The van der Waals surface area contributed by atoms with Crippen LogP contribution in [0.1, 0.15) is 17.7 Å². The summed E-state index contributed by atoms with van der Waals surface area (Å²) in [5, 5.41) is 9.57. The molecule has 2 aromatic carbocycles. The number of fused-ring (bicyclic) bond motifs is 3. The molecule has 2 aromatic heterocycles. The number of hydrogen-bond acceptors (Lipinski definition) is 5. The maximum absolute atomic E-state index is 9.57. The van der Waals surface area contributed by atoms with Crippen LogP contribution in [0.3, 0.4) is 0 Å². The van der Waals surface area contributed by atoms with Crippen LogP contribution < -0.4 is 10.5 Å². The average Bonchev–Trinajstić information content (AvgIpc) is 3.24. The SMILES string of the molecule is Nc1ncnc2c3c(n(-c4ccc(Oc5cccc(O)c5)cc4)c12)CCC3. The summed E-state index contributed by atoms with van der Waals surface area (Å²) < 4.78 is 7.99. The van der Waals surface area contributed by atoms with Gasteiger partial charge in [0.25, 0.3) is 0 Å². The summed E-state index contributed by atoms with van der Waals surface area (Å²) >= 11 is 0. The van der Waals surface area contributed by atoms with Crippen molar-refractivity contribution >= 4 is 16.9 Å². The Morgan fingerprint density at radius 2 is 1.85 bits per heavy atom. The summed E-state index contributed by atoms with van der Waals surface area (Å²) in [7, 11) is 0. The lowest BCUT2D eigenvalue weighted by Crippen LogP contribution is -2.02. The van der Waals surface area contributed by atoms with Gasteiger partial charge in [-0.1, -0.05) is 6.07 Å². The van der Waals surface area contributed by atoms with Gasteiger partial charge in [-0.05, 0) is 61.2 Å². The Balaban J connectivity index is 1.56. The molecule has 0 aliphatic heterocycles. The fourth-order valence-corrected chi connectivity index (χ4v) is 3.83. The third-order valence-electron chi connectivity index (χ3n) is 4.97. The third-order valence-corrected chi connectivity index (χ3v) is 4.97. The van der Waals surface area contributed by atoms with Gasteiger partial charge in [-0.15, -0.1) is 0 Å². The standard InChI is InChI=1S/C21H18N4O2/c22-21-20-19(23-12-24-21)17-5-2-6-18(17)25(20)13-7-9-15(10-8-13)27-16-4-1-3-14(26)11-16/h1,3-4,7-12,26H,2,5-6H2,(H2,22,23,24). The monoisotopic (exact) mass is 358 g/mol. The van der Waals surface area contributed by atoms with Crippen LogP contribution in [0.25, 0.3) is 16.7 Å². The number of aryl methyl sites for hydroxylation is 1. The van der Waals surface area contributed by atoms with Gasteiger partial charge in [0.15, 0.2) is 5.82 Å². The van der Waals surface area contributed by atoms with Crippen molar-refractivity contribution in [1.82, 2.24) is 14.5 Å². The predicted octanol–water partition coefficient (Wildman–Crippen LogP) is 3.99. The predicted molar refractivity (Wildman–Crippen MR) is 103 cm³/mol. The van der Waals surface area contributed by atoms with E-state index in [0.717, 1.165) is 36.0 Å². The molecule has 0 fully saturated rings. The Morgan fingerprint density at radius 3 is 2.67 bits per heavy atom. The second kappa shape index (κ2) is 6.02. The van der Waals surface area contributed by atoms with Crippen molar-refractivity contribution in [2.24, 2.45) is 0 Å². The van der Waals surface area contributed by atoms with Gasteiger partial charge in [0, 0.05) is 17.4 Å². The number of aromatic hydroxyl groups is 1. The van der Waals surface area contributed by atoms with Gasteiger partial charge in [-0.3, -0.25) is 0 Å². The first-order valence-corrected chi connectivity index (χ1v) is 8.90. The zero-order valence-electron chi connectivity index (χ0n) is 14.6. The van der Waals surface area contributed by atoms with Gasteiger partial charge < -0.3 is 20.1 Å². The summed E-state index contributed by atoms with van der Waals surface area (Å²) in [5.74, 6) is 1.96. The molecule has 0 bridgehead atoms. The number of nitrogens with two attached hydrogens (primary N) is 1. The smallest absolute Gasteiger partial charge is 0.151 e. The van der Waals surface area contributed by atoms with E-state index in [2.05, 4.69) is 14.5 Å². The first-order valence-electron chi connectivity index (χ1n) is 8.90. The highest BCUT2D eigenvalue weighted by atomic mass is 16.5. The summed E-state index contributed by atoms with van der Waals surface area (Å²) in [5.41, 5.74) is 11.6. The van der Waals surface area contributed by atoms with Crippen molar-refractivity contribution in [3.05, 3.63) is 66.1 Å². The number of phenols is 1. The molecular formula is C21H18N4O2. The van der Waals surface area contributed by atoms with Gasteiger partial charge in [0.05, 0.1) is 5.52 Å². The molecule has 6 nitrogen and oxygen atoms in total. The summed E-state index contributed by atoms with van der Waals surface area (Å²) in [6, 6.07) is 14.6. The molecule has 0 spiro atoms. The highest BCUT2D eigenvalue weighted by Gasteiger charge is 2.24. The summed E-state index contributed by atoms with van der Waals surface area (Å²) in [6.07, 6.45) is 4.69. The number of nitrogen functional groups attached to an aromatic ring is 1. The molecule has 1 aliphatic carbocycles. The van der Waals surface area contributed by atoms with Gasteiger partial charge >= 0.3 is 0 Å². The highest BCUT2D eigenvalue weighted by Crippen LogP contribution is 2.36. The largest absolute Gasteiger partial charge is 0.508 e. The third kappa shape index (κ3) is 2.57. The highest BCUT2D eigenvalue weighted by molar-refractivity contribution is 5.91. The number of hydrogen-bond donors (Lipinski definition) is 2. The lowest BCUT2D eigenvalue weighted by molar-refractivity contribution is 0.455. The van der Waals surface area contributed by atoms with Crippen molar-refractivity contribution < 1.29 is 9.84 Å². The Labute approximate surface area is 155 Å². The lowest BCUT2D eigenvalue weighted by atomic mass is 10.2. The topological polar surface area (TPSA) is 86.2 Å². The van der Waals surface area contributed by atoms with Gasteiger partial charge in [0.1, 0.15) is 29.1 Å². The van der Waals surface area contributed by atoms with E-state index in [0.29, 0.717) is 17.3 Å². The van der Waals surface area contributed by atoms with Crippen molar-refractivity contribution in [3.8, 4) is 22.9 Å². The molecule has 5 rings (SSSR count). The fourth-order valence-electron chi connectivity index (χ4n) is 3.83. The molecule has 27 heavy (non-hydrogen) atoms. The Morgan fingerprint density at radius 1 is 1.00 bits per heavy atom. The fraction of sp³-hybridized carbons (Fsp3) is 0.143. The van der Waals surface area contributed by atoms with E-state index in [1.54, 1.807) is 24.3 Å². The lowest BCUT2D eigenvalue weighted by Gasteiger charge is -2.12. The second-order valence-electron chi connectivity index (χ2n) is 6.66. The van der Waals surface area contributed by atoms with Crippen molar-refractivity contribution in [1.29, 1.82) is 0 Å². The van der Waals surface area contributed by atoms with Crippen molar-refractivity contribution in [2.45, 2.75) is 19.3 Å². The van der Waals surface area contributed by atoms with E-state index < -0.39 is 0 Å². The summed E-state index contributed by atoms with van der Waals surface area (Å²) in [4.78, 5) is 8.67. The Kier molecular flexibility index (Phi) is 3.50. The number of aromatic nitrogens is 3. The number of ether oxygens (including phenoxy) is 1. The molecule has 0 atom stereocenters. The molecule has 2 heterocycles. The van der Waals surface area contributed by atoms with E-state index in [-0.39, 0.29) is 5.75 Å². The molecule has 134 valence electrons. The van der Waals surface area contributed by atoms with Crippen LogP contribution in [0.15, 0.2) is 54.9 Å². The first kappa shape index (κ1) is 15.7. The van der Waals surface area contributed by atoms with Crippen LogP contribution in [0.4, 0.5) is 5.82 Å². The van der Waals surface area contributed by atoms with Crippen LogP contribution in [-0.4, -0.2) is 19.6 Å². The number of rotatable bonds is 3. The van der Waals surface area contributed by atoms with Crippen LogP contribution in [0.2, 0.25) is 0 Å². The van der Waals surface area contributed by atoms with Crippen LogP contribution in [-0.2, 0) is 12.8 Å². The van der Waals surface area contributed by atoms with Crippen LogP contribution >= 0.6 is 0 Å². The minimum atomic E-state index is 0.175. The van der Waals surface area contributed by atoms with E-state index in [1.165, 1.54) is 17.6 Å². The van der Waals surface area contributed by atoms with E-state index in [1.807, 2.05) is 24.3 Å². The van der Waals surface area contributed by atoms with Crippen molar-refractivity contribution in [2.75, 3.05) is 5.73 Å². The summed E-state index contributed by atoms with van der Waals surface area (Å²) in [6.45, 7) is 0. The van der Waals surface area contributed by atoms with E-state index in [4.69, 9.17) is 10.5 Å². The number of phenolic OH excluding ortho intramolecular Hbond substituents is 1. The first-order chi connectivity index (χ1) is 13.2. The minimum absolute atomic E-state index is 0.175. The molecule has 0 saturated heterocycles. The maximum Gasteiger partial charge on any atom is 0.151 e. The number of anilines is 1. The van der Waals surface area contributed by atoms with E-state index in [9.17, 15) is 5.11 Å². The maximum atomic E-state index is 9.57. The van der Waals surface area contributed by atoms with Crippen LogP contribution in [0.5, 0.6) is 17.2 Å². The molecule has 6 heteroatoms. The zero-order valence-corrected chi connectivity index (χ0v) is 14.6. The quantitative estimate of drug-likeness (QED) is 0.578. The number of nitrogens with zero attached hydrogens (tertiary/aromatic N) is 3. The molecule has 0 unspecified atom stereocenters. The number of benzene rings is 2.